The minimum Gasteiger partial charge on any atom is -0.445 e. The van der Waals surface area contributed by atoms with Crippen molar-refractivity contribution in [3.8, 4) is 0 Å². The van der Waals surface area contributed by atoms with Crippen molar-refractivity contribution in [3.05, 3.63) is 23.8 Å². The van der Waals surface area contributed by atoms with E-state index in [-0.39, 0.29) is 6.61 Å². The quantitative estimate of drug-likeness (QED) is 0.722. The summed E-state index contributed by atoms with van der Waals surface area (Å²) in [5.74, 6) is 0.751. The van der Waals surface area contributed by atoms with E-state index in [1.165, 1.54) is 32.1 Å². The molecule has 2 rings (SSSR count). The van der Waals surface area contributed by atoms with Gasteiger partial charge in [-0.15, -0.1) is 0 Å². The van der Waals surface area contributed by atoms with Crippen LogP contribution in [-0.2, 0) is 11.3 Å². The predicted octanol–water partition coefficient (Wildman–Crippen LogP) is 2.86. The van der Waals surface area contributed by atoms with Crippen LogP contribution in [0.2, 0.25) is 0 Å². The molecule has 0 radical (unpaired) electrons. The number of carbonyl (C=O) groups excluding carboxylic acids is 1. The van der Waals surface area contributed by atoms with Gasteiger partial charge in [0.15, 0.2) is 0 Å². The van der Waals surface area contributed by atoms with Gasteiger partial charge >= 0.3 is 6.09 Å². The summed E-state index contributed by atoms with van der Waals surface area (Å²) in [6.45, 7) is 1.13. The molecule has 5 heteroatoms. The highest BCUT2D eigenvalue weighted by atomic mass is 16.5. The van der Waals surface area contributed by atoms with Crippen molar-refractivity contribution in [1.82, 2.24) is 0 Å². The lowest BCUT2D eigenvalue weighted by Crippen LogP contribution is -2.17. The molecule has 1 amide bonds. The zero-order valence-electron chi connectivity index (χ0n) is 11.7. The first-order valence-corrected chi connectivity index (χ1v) is 7.19. The second kappa shape index (κ2) is 7.03. The molecule has 0 aliphatic heterocycles. The lowest BCUT2D eigenvalue weighted by molar-refractivity contribution is 0.150. The molecule has 1 saturated carbocycles. The third-order valence-electron chi connectivity index (χ3n) is 3.80. The molecule has 0 aromatic heterocycles. The van der Waals surface area contributed by atoms with E-state index in [4.69, 9.17) is 16.2 Å². The first-order valence-electron chi connectivity index (χ1n) is 7.19. The van der Waals surface area contributed by atoms with Crippen LogP contribution in [0.25, 0.3) is 0 Å². The molecule has 1 aliphatic carbocycles. The fourth-order valence-corrected chi connectivity index (χ4v) is 2.66. The summed E-state index contributed by atoms with van der Waals surface area (Å²) in [5, 5.41) is 3.42. The first-order chi connectivity index (χ1) is 9.65. The molecular formula is C15H23N3O2. The Balaban J connectivity index is 1.86. The van der Waals surface area contributed by atoms with Gasteiger partial charge in [0.25, 0.3) is 0 Å². The van der Waals surface area contributed by atoms with Crippen molar-refractivity contribution in [3.63, 3.8) is 0 Å². The van der Waals surface area contributed by atoms with Crippen molar-refractivity contribution in [2.45, 2.75) is 38.7 Å². The smallest absolute Gasteiger partial charge is 0.404 e. The van der Waals surface area contributed by atoms with Crippen molar-refractivity contribution < 1.29 is 9.53 Å². The van der Waals surface area contributed by atoms with Crippen molar-refractivity contribution >= 4 is 17.5 Å². The summed E-state index contributed by atoms with van der Waals surface area (Å²) >= 11 is 0. The Bertz CT molecular complexity index is 456. The number of carbonyl (C=O) groups is 1. The van der Waals surface area contributed by atoms with E-state index in [9.17, 15) is 4.79 Å². The number of hydrogen-bond donors (Lipinski definition) is 3. The SMILES string of the molecule is NC(=O)OCc1ccc(NCC2CCCCC2)c(N)c1. The van der Waals surface area contributed by atoms with Crippen LogP contribution in [0.1, 0.15) is 37.7 Å². The Morgan fingerprint density at radius 2 is 2.05 bits per heavy atom. The maximum absolute atomic E-state index is 10.6. The van der Waals surface area contributed by atoms with E-state index in [2.05, 4.69) is 5.32 Å². The third kappa shape index (κ3) is 4.33. The highest BCUT2D eigenvalue weighted by molar-refractivity contribution is 5.67. The van der Waals surface area contributed by atoms with Crippen LogP contribution in [0.5, 0.6) is 0 Å². The maximum atomic E-state index is 10.6. The average molecular weight is 277 g/mol. The maximum Gasteiger partial charge on any atom is 0.404 e. The summed E-state index contributed by atoms with van der Waals surface area (Å²) in [7, 11) is 0. The molecule has 5 nitrogen and oxygen atoms in total. The van der Waals surface area contributed by atoms with Gasteiger partial charge in [0.1, 0.15) is 6.61 Å². The molecule has 0 heterocycles. The lowest BCUT2D eigenvalue weighted by Gasteiger charge is -2.22. The monoisotopic (exact) mass is 277 g/mol. The number of primary amides is 1. The lowest BCUT2D eigenvalue weighted by atomic mass is 9.89. The van der Waals surface area contributed by atoms with Gasteiger partial charge in [0.2, 0.25) is 0 Å². The second-order valence-corrected chi connectivity index (χ2v) is 5.41. The number of anilines is 2. The second-order valence-electron chi connectivity index (χ2n) is 5.41. The highest BCUT2D eigenvalue weighted by Gasteiger charge is 2.13. The van der Waals surface area contributed by atoms with Crippen LogP contribution < -0.4 is 16.8 Å². The van der Waals surface area contributed by atoms with Crippen molar-refractivity contribution in [1.29, 1.82) is 0 Å². The molecule has 1 aromatic rings. The van der Waals surface area contributed by atoms with E-state index in [0.29, 0.717) is 5.69 Å². The van der Waals surface area contributed by atoms with Gasteiger partial charge in [-0.3, -0.25) is 0 Å². The summed E-state index contributed by atoms with van der Waals surface area (Å²) in [4.78, 5) is 10.6. The standard InChI is InChI=1S/C15H23N3O2/c16-13-8-12(10-20-15(17)19)6-7-14(13)18-9-11-4-2-1-3-5-11/h6-8,11,18H,1-5,9-10,16H2,(H2,17,19). The van der Waals surface area contributed by atoms with Gasteiger partial charge in [0.05, 0.1) is 11.4 Å². The number of rotatable bonds is 5. The summed E-state index contributed by atoms with van der Waals surface area (Å²) < 4.78 is 4.74. The normalized spacial score (nSPS) is 15.8. The molecule has 0 bridgehead atoms. The molecule has 0 atom stereocenters. The Labute approximate surface area is 119 Å². The van der Waals surface area contributed by atoms with E-state index in [1.807, 2.05) is 18.2 Å². The summed E-state index contributed by atoms with van der Waals surface area (Å²) in [6.07, 6.45) is 5.88. The van der Waals surface area contributed by atoms with E-state index in [0.717, 1.165) is 23.7 Å². The van der Waals surface area contributed by atoms with E-state index >= 15 is 0 Å². The largest absolute Gasteiger partial charge is 0.445 e. The van der Waals surface area contributed by atoms with Crippen LogP contribution in [0.4, 0.5) is 16.2 Å². The van der Waals surface area contributed by atoms with Gasteiger partial charge in [-0.2, -0.15) is 0 Å². The molecule has 1 fully saturated rings. The number of nitrogens with two attached hydrogens (primary N) is 2. The van der Waals surface area contributed by atoms with Crippen molar-refractivity contribution in [2.75, 3.05) is 17.6 Å². The fourth-order valence-electron chi connectivity index (χ4n) is 2.66. The van der Waals surface area contributed by atoms with Gasteiger partial charge in [-0.25, -0.2) is 4.79 Å². The van der Waals surface area contributed by atoms with Gasteiger partial charge in [0, 0.05) is 6.54 Å². The number of hydrogen-bond acceptors (Lipinski definition) is 4. The molecule has 1 aromatic carbocycles. The van der Waals surface area contributed by atoms with Gasteiger partial charge in [-0.1, -0.05) is 25.3 Å². The molecule has 20 heavy (non-hydrogen) atoms. The first kappa shape index (κ1) is 14.5. The molecule has 1 aliphatic rings. The zero-order chi connectivity index (χ0) is 14.4. The predicted molar refractivity (Wildman–Crippen MR) is 80.3 cm³/mol. The van der Waals surface area contributed by atoms with Crippen LogP contribution >= 0.6 is 0 Å². The summed E-state index contributed by atoms with van der Waals surface area (Å²) in [5.41, 5.74) is 13.4. The van der Waals surface area contributed by atoms with Gasteiger partial charge < -0.3 is 21.5 Å². The van der Waals surface area contributed by atoms with Gasteiger partial charge in [-0.05, 0) is 36.5 Å². The number of amides is 1. The Kier molecular flexibility index (Phi) is 5.09. The average Bonchev–Trinajstić information content (AvgIpc) is 2.45. The number of nitrogens with one attached hydrogen (secondary N) is 1. The fraction of sp³-hybridized carbons (Fsp3) is 0.533. The van der Waals surface area contributed by atoms with Crippen LogP contribution in [0.15, 0.2) is 18.2 Å². The molecule has 0 unspecified atom stereocenters. The Morgan fingerprint density at radius 1 is 1.30 bits per heavy atom. The summed E-state index contributed by atoms with van der Waals surface area (Å²) in [6, 6.07) is 5.63. The number of ether oxygens (including phenoxy) is 1. The minimum atomic E-state index is -0.775. The zero-order valence-corrected chi connectivity index (χ0v) is 11.7. The van der Waals surface area contributed by atoms with Crippen LogP contribution in [0, 0.1) is 5.92 Å². The number of nitrogen functional groups attached to an aromatic ring is 1. The van der Waals surface area contributed by atoms with Crippen LogP contribution in [0.3, 0.4) is 0 Å². The molecule has 110 valence electrons. The third-order valence-corrected chi connectivity index (χ3v) is 3.80. The molecule has 0 saturated heterocycles. The topological polar surface area (TPSA) is 90.4 Å². The molecule has 5 N–H and O–H groups in total. The van der Waals surface area contributed by atoms with Crippen molar-refractivity contribution in [2.24, 2.45) is 11.7 Å². The number of benzene rings is 1. The minimum absolute atomic E-state index is 0.155. The Morgan fingerprint density at radius 3 is 2.70 bits per heavy atom. The highest BCUT2D eigenvalue weighted by Crippen LogP contribution is 2.26. The molecule has 0 spiro atoms. The van der Waals surface area contributed by atoms with E-state index < -0.39 is 6.09 Å². The van der Waals surface area contributed by atoms with Crippen LogP contribution in [-0.4, -0.2) is 12.6 Å². The van der Waals surface area contributed by atoms with E-state index in [1.54, 1.807) is 0 Å². The molecular weight excluding hydrogens is 254 g/mol. The Hall–Kier alpha value is -1.91.